The van der Waals surface area contributed by atoms with Crippen LogP contribution in [0.2, 0.25) is 5.02 Å². The van der Waals surface area contributed by atoms with Crippen LogP contribution in [-0.4, -0.2) is 31.5 Å². The van der Waals surface area contributed by atoms with Gasteiger partial charge < -0.3 is 14.0 Å². The topological polar surface area (TPSA) is 43.1 Å². The van der Waals surface area contributed by atoms with E-state index in [-0.39, 0.29) is 24.3 Å². The normalized spacial score (nSPS) is 13.7. The highest BCUT2D eigenvalue weighted by molar-refractivity contribution is 6.30. The van der Waals surface area contributed by atoms with E-state index < -0.39 is 17.8 Å². The second-order valence-electron chi connectivity index (χ2n) is 8.13. The van der Waals surface area contributed by atoms with Crippen LogP contribution in [0.4, 0.5) is 13.2 Å². The number of imidazole rings is 1. The molecule has 0 saturated carbocycles. The summed E-state index contributed by atoms with van der Waals surface area (Å²) < 4.78 is 45.6. The summed E-state index contributed by atoms with van der Waals surface area (Å²) in [7, 11) is 0. The maximum absolute atomic E-state index is 14.2. The van der Waals surface area contributed by atoms with Gasteiger partial charge in [0.05, 0.1) is 6.54 Å². The van der Waals surface area contributed by atoms with Gasteiger partial charge in [-0.3, -0.25) is 4.79 Å². The van der Waals surface area contributed by atoms with Gasteiger partial charge in [-0.2, -0.15) is 13.2 Å². The van der Waals surface area contributed by atoms with Crippen LogP contribution in [-0.2, 0) is 25.8 Å². The zero-order valence-corrected chi connectivity index (χ0v) is 18.7. The molecule has 0 aliphatic carbocycles. The minimum atomic E-state index is -4.65. The number of amides is 1. The molecule has 1 amide bonds. The number of hydrogen-bond donors (Lipinski definition) is 0. The predicted octanol–water partition coefficient (Wildman–Crippen LogP) is 5.73. The zero-order chi connectivity index (χ0) is 23.9. The number of alkyl halides is 3. The number of benzene rings is 2. The Morgan fingerprint density at radius 2 is 1.76 bits per heavy atom. The Balaban J connectivity index is 1.67. The molecule has 0 fully saturated rings. The first-order chi connectivity index (χ1) is 16.3. The second kappa shape index (κ2) is 8.68. The molecule has 0 bridgehead atoms. The third-order valence-electron chi connectivity index (χ3n) is 5.96. The quantitative estimate of drug-likeness (QED) is 0.371. The second-order valence-corrected chi connectivity index (χ2v) is 8.57. The van der Waals surface area contributed by atoms with Crippen molar-refractivity contribution in [3.05, 3.63) is 101 Å². The summed E-state index contributed by atoms with van der Waals surface area (Å²) in [5.74, 6) is 0.232. The van der Waals surface area contributed by atoms with Gasteiger partial charge >= 0.3 is 6.18 Å². The van der Waals surface area contributed by atoms with Gasteiger partial charge in [-0.25, -0.2) is 4.98 Å². The summed E-state index contributed by atoms with van der Waals surface area (Å²) in [6, 6.07) is 16.3. The molecule has 5 rings (SSSR count). The Labute approximate surface area is 199 Å². The standard InChI is InChI=1S/C25H20ClF3N4O/c26-19-8-6-18(7-9-19)20-14-21(25(27,28)29)33(15-17-4-2-1-3-5-17)23(20)24(34)32-13-12-31-11-10-30-22(31)16-32/h1-11,14H,12-13,15-16H2. The van der Waals surface area contributed by atoms with Crippen molar-refractivity contribution in [1.82, 2.24) is 19.0 Å². The number of rotatable bonds is 4. The molecule has 0 unspecified atom stereocenters. The lowest BCUT2D eigenvalue weighted by molar-refractivity contribution is -0.143. The average Bonchev–Trinajstić information content (AvgIpc) is 3.44. The highest BCUT2D eigenvalue weighted by atomic mass is 35.5. The van der Waals surface area contributed by atoms with Crippen LogP contribution in [0.3, 0.4) is 0 Å². The van der Waals surface area contributed by atoms with E-state index in [1.165, 1.54) is 0 Å². The van der Waals surface area contributed by atoms with Gasteiger partial charge in [0.2, 0.25) is 0 Å². The highest BCUT2D eigenvalue weighted by Gasteiger charge is 2.39. The smallest absolute Gasteiger partial charge is 0.332 e. The molecule has 0 radical (unpaired) electrons. The molecule has 174 valence electrons. The molecule has 1 aliphatic rings. The number of nitrogens with zero attached hydrogens (tertiary/aromatic N) is 4. The molecule has 2 aromatic heterocycles. The van der Waals surface area contributed by atoms with Crippen LogP contribution in [0.1, 0.15) is 27.6 Å². The zero-order valence-electron chi connectivity index (χ0n) is 18.0. The van der Waals surface area contributed by atoms with Crippen molar-refractivity contribution in [1.29, 1.82) is 0 Å². The van der Waals surface area contributed by atoms with Crippen LogP contribution in [0.5, 0.6) is 0 Å². The summed E-state index contributed by atoms with van der Waals surface area (Å²) in [6.45, 7) is 1.04. The minimum Gasteiger partial charge on any atom is -0.332 e. The van der Waals surface area contributed by atoms with E-state index >= 15 is 0 Å². The molecular formula is C25H20ClF3N4O. The van der Waals surface area contributed by atoms with Gasteiger partial charge in [-0.1, -0.05) is 54.1 Å². The number of fused-ring (bicyclic) bond motifs is 1. The van der Waals surface area contributed by atoms with E-state index in [0.717, 1.165) is 10.6 Å². The minimum absolute atomic E-state index is 0.00138. The third-order valence-corrected chi connectivity index (χ3v) is 6.21. The molecule has 5 nitrogen and oxygen atoms in total. The predicted molar refractivity (Wildman–Crippen MR) is 122 cm³/mol. The number of carbonyl (C=O) groups excluding carboxylic acids is 1. The molecule has 34 heavy (non-hydrogen) atoms. The lowest BCUT2D eigenvalue weighted by Gasteiger charge is -2.29. The van der Waals surface area contributed by atoms with Gasteiger partial charge in [0.15, 0.2) is 0 Å². The average molecular weight is 485 g/mol. The number of carbonyl (C=O) groups is 1. The van der Waals surface area contributed by atoms with Crippen LogP contribution in [0.25, 0.3) is 11.1 Å². The van der Waals surface area contributed by atoms with E-state index in [9.17, 15) is 18.0 Å². The summed E-state index contributed by atoms with van der Waals surface area (Å²) in [5.41, 5.74) is 0.499. The van der Waals surface area contributed by atoms with E-state index in [0.29, 0.717) is 35.1 Å². The molecule has 0 spiro atoms. The van der Waals surface area contributed by atoms with Gasteiger partial charge in [0.25, 0.3) is 5.91 Å². The van der Waals surface area contributed by atoms with E-state index in [1.54, 1.807) is 65.7 Å². The third kappa shape index (κ3) is 4.21. The first-order valence-electron chi connectivity index (χ1n) is 10.7. The monoisotopic (exact) mass is 484 g/mol. The molecular weight excluding hydrogens is 465 g/mol. The summed E-state index contributed by atoms with van der Waals surface area (Å²) in [5, 5.41) is 0.458. The molecule has 0 saturated heterocycles. The van der Waals surface area contributed by atoms with Crippen LogP contribution in [0.15, 0.2) is 73.1 Å². The summed E-state index contributed by atoms with van der Waals surface area (Å²) >= 11 is 6.01. The van der Waals surface area contributed by atoms with Crippen LogP contribution >= 0.6 is 11.6 Å². The molecule has 4 aromatic rings. The summed E-state index contributed by atoms with van der Waals surface area (Å²) in [6.07, 6.45) is -1.16. The number of halogens is 4. The first kappa shape index (κ1) is 22.3. The first-order valence-corrected chi connectivity index (χ1v) is 11.1. The van der Waals surface area contributed by atoms with Gasteiger partial charge in [0.1, 0.15) is 17.2 Å². The fraction of sp³-hybridized carbons (Fsp3) is 0.200. The molecule has 9 heteroatoms. The Morgan fingerprint density at radius 1 is 1.03 bits per heavy atom. The summed E-state index contributed by atoms with van der Waals surface area (Å²) in [4.78, 5) is 19.6. The number of hydrogen-bond acceptors (Lipinski definition) is 2. The Kier molecular flexibility index (Phi) is 5.69. The lowest BCUT2D eigenvalue weighted by Crippen LogP contribution is -2.39. The lowest BCUT2D eigenvalue weighted by atomic mass is 10.0. The van der Waals surface area contributed by atoms with Crippen LogP contribution < -0.4 is 0 Å². The largest absolute Gasteiger partial charge is 0.431 e. The SMILES string of the molecule is O=C(c1c(-c2ccc(Cl)cc2)cc(C(F)(F)F)n1Cc1ccccc1)N1CCn2ccnc2C1. The maximum Gasteiger partial charge on any atom is 0.431 e. The van der Waals surface area contributed by atoms with Crippen molar-refractivity contribution < 1.29 is 18.0 Å². The fourth-order valence-electron chi connectivity index (χ4n) is 4.29. The van der Waals surface area contributed by atoms with Crippen molar-refractivity contribution in [3.8, 4) is 11.1 Å². The van der Waals surface area contributed by atoms with Gasteiger partial charge in [0, 0.05) is 42.6 Å². The van der Waals surface area contributed by atoms with Gasteiger partial charge in [-0.05, 0) is 29.3 Å². The van der Waals surface area contributed by atoms with Crippen molar-refractivity contribution in [2.75, 3.05) is 6.54 Å². The Morgan fingerprint density at radius 3 is 2.47 bits per heavy atom. The van der Waals surface area contributed by atoms with E-state index in [2.05, 4.69) is 4.98 Å². The number of aromatic nitrogens is 3. The molecule has 1 aliphatic heterocycles. The van der Waals surface area contributed by atoms with Gasteiger partial charge in [-0.15, -0.1) is 0 Å². The van der Waals surface area contributed by atoms with Crippen molar-refractivity contribution in [2.45, 2.75) is 25.8 Å². The Bertz CT molecular complexity index is 1330. The molecule has 3 heterocycles. The molecule has 0 N–H and O–H groups in total. The van der Waals surface area contributed by atoms with Crippen molar-refractivity contribution in [3.63, 3.8) is 0 Å². The Hall–Kier alpha value is -3.52. The van der Waals surface area contributed by atoms with Crippen molar-refractivity contribution in [2.24, 2.45) is 0 Å². The van der Waals surface area contributed by atoms with Crippen molar-refractivity contribution >= 4 is 17.5 Å². The van der Waals surface area contributed by atoms with E-state index in [1.807, 2.05) is 10.8 Å². The highest BCUT2D eigenvalue weighted by Crippen LogP contribution is 2.38. The molecule has 2 aromatic carbocycles. The van der Waals surface area contributed by atoms with Crippen LogP contribution in [0, 0.1) is 0 Å². The molecule has 0 atom stereocenters. The fourth-order valence-corrected chi connectivity index (χ4v) is 4.42. The van der Waals surface area contributed by atoms with E-state index in [4.69, 9.17) is 11.6 Å². The maximum atomic E-state index is 14.2.